The Bertz CT molecular complexity index is 764. The number of benzene rings is 1. The maximum absolute atomic E-state index is 11.5. The lowest BCUT2D eigenvalue weighted by atomic mass is 10.0. The first kappa shape index (κ1) is 19.0. The molecule has 0 amide bonds. The molecule has 0 aliphatic carbocycles. The molecule has 1 unspecified atom stereocenters. The Balaban J connectivity index is 2.62. The van der Waals surface area contributed by atoms with Crippen LogP contribution in [-0.2, 0) is 11.3 Å². The molecule has 0 radical (unpaired) electrons. The molecular weight excluding hydrogens is 398 g/mol. The van der Waals surface area contributed by atoms with E-state index in [1.807, 2.05) is 0 Å². The van der Waals surface area contributed by atoms with Gasteiger partial charge in [0.2, 0.25) is 11.8 Å². The molecule has 0 spiro atoms. The molecule has 1 atom stereocenters. The van der Waals surface area contributed by atoms with E-state index in [1.165, 1.54) is 33.5 Å². The van der Waals surface area contributed by atoms with E-state index < -0.39 is 11.0 Å². The van der Waals surface area contributed by atoms with E-state index in [-0.39, 0.29) is 35.4 Å². The van der Waals surface area contributed by atoms with Gasteiger partial charge in [0.15, 0.2) is 5.82 Å². The summed E-state index contributed by atoms with van der Waals surface area (Å²) in [6.07, 6.45) is -1.46. The first-order chi connectivity index (χ1) is 11.9. The van der Waals surface area contributed by atoms with E-state index in [1.54, 1.807) is 6.07 Å². The molecule has 9 nitrogen and oxygen atoms in total. The fourth-order valence-corrected chi connectivity index (χ4v) is 2.79. The van der Waals surface area contributed by atoms with Crippen LogP contribution < -0.4 is 9.47 Å². The monoisotopic (exact) mass is 413 g/mol. The smallest absolute Gasteiger partial charge is 0.281 e. The van der Waals surface area contributed by atoms with Crippen molar-refractivity contribution in [3.05, 3.63) is 49.7 Å². The number of aliphatic hydroxyl groups excluding tert-OH is 1. The molecule has 2 aromatic rings. The summed E-state index contributed by atoms with van der Waals surface area (Å²) >= 11 is 3.28. The molecule has 1 aromatic heterocycles. The third-order valence-corrected chi connectivity index (χ3v) is 3.78. The van der Waals surface area contributed by atoms with Crippen LogP contribution in [0.5, 0.6) is 11.8 Å². The number of aromatic nitrogens is 2. The number of hydrogen-bond donors (Lipinski definition) is 1. The average molecular weight is 414 g/mol. The lowest BCUT2D eigenvalue weighted by Gasteiger charge is -2.14. The Kier molecular flexibility index (Phi) is 6.23. The van der Waals surface area contributed by atoms with Crippen molar-refractivity contribution in [2.45, 2.75) is 12.7 Å². The van der Waals surface area contributed by atoms with E-state index >= 15 is 0 Å². The Morgan fingerprint density at radius 1 is 1.20 bits per heavy atom. The summed E-state index contributed by atoms with van der Waals surface area (Å²) in [7, 11) is 4.23. The molecule has 0 bridgehead atoms. The van der Waals surface area contributed by atoms with Gasteiger partial charge in [-0.05, 0) is 12.1 Å². The summed E-state index contributed by atoms with van der Waals surface area (Å²) in [4.78, 5) is 19.1. The van der Waals surface area contributed by atoms with Gasteiger partial charge in [0.25, 0.3) is 5.69 Å². The molecule has 0 aliphatic rings. The highest BCUT2D eigenvalue weighted by atomic mass is 79.9. The molecule has 0 aliphatic heterocycles. The van der Waals surface area contributed by atoms with Crippen molar-refractivity contribution in [3.8, 4) is 11.8 Å². The summed E-state index contributed by atoms with van der Waals surface area (Å²) in [6, 6.07) is 4.43. The molecule has 134 valence electrons. The second kappa shape index (κ2) is 8.19. The molecule has 1 heterocycles. The third kappa shape index (κ3) is 4.21. The Morgan fingerprint density at radius 2 is 1.80 bits per heavy atom. The van der Waals surface area contributed by atoms with Gasteiger partial charge in [-0.2, -0.15) is 9.97 Å². The van der Waals surface area contributed by atoms with Crippen LogP contribution in [0.1, 0.15) is 23.1 Å². The van der Waals surface area contributed by atoms with E-state index in [0.717, 1.165) is 0 Å². The standard InChI is InChI=1S/C15H16BrN3O6/c1-23-7-8-4-9(16)5-10(13(8)19(21)22)14(20)15-17-11(24-2)6-12(18-15)25-3/h4-6,14,20H,7H2,1-3H3. The zero-order valence-corrected chi connectivity index (χ0v) is 15.3. The zero-order chi connectivity index (χ0) is 18.6. The molecule has 2 rings (SSSR count). The Labute approximate surface area is 151 Å². The van der Waals surface area contributed by atoms with Crippen molar-refractivity contribution >= 4 is 21.6 Å². The summed E-state index contributed by atoms with van der Waals surface area (Å²) in [5.74, 6) is 0.243. The maximum atomic E-state index is 11.5. The van der Waals surface area contributed by atoms with E-state index in [9.17, 15) is 15.2 Å². The Hall–Kier alpha value is -2.30. The molecule has 0 saturated carbocycles. The van der Waals surface area contributed by atoms with Gasteiger partial charge >= 0.3 is 0 Å². The van der Waals surface area contributed by atoms with Crippen LogP contribution in [0.15, 0.2) is 22.7 Å². The van der Waals surface area contributed by atoms with Crippen LogP contribution in [0.3, 0.4) is 0 Å². The second-order valence-corrected chi connectivity index (χ2v) is 5.82. The number of nitro benzene ring substituents is 1. The van der Waals surface area contributed by atoms with Crippen LogP contribution in [0.25, 0.3) is 0 Å². The maximum Gasteiger partial charge on any atom is 0.281 e. The number of methoxy groups -OCH3 is 3. The van der Waals surface area contributed by atoms with E-state index in [0.29, 0.717) is 10.0 Å². The van der Waals surface area contributed by atoms with Crippen LogP contribution >= 0.6 is 15.9 Å². The number of aliphatic hydroxyl groups is 1. The normalized spacial score (nSPS) is 11.9. The number of nitro groups is 1. The Morgan fingerprint density at radius 3 is 2.28 bits per heavy atom. The van der Waals surface area contributed by atoms with Gasteiger partial charge in [-0.3, -0.25) is 10.1 Å². The van der Waals surface area contributed by atoms with Crippen LogP contribution in [0.2, 0.25) is 0 Å². The van der Waals surface area contributed by atoms with Crippen molar-refractivity contribution in [2.75, 3.05) is 21.3 Å². The van der Waals surface area contributed by atoms with Crippen molar-refractivity contribution < 1.29 is 24.2 Å². The SMILES string of the molecule is COCc1cc(Br)cc(C(O)c2nc(OC)cc(OC)n2)c1[N+](=O)[O-]. The van der Waals surface area contributed by atoms with Gasteiger partial charge in [0, 0.05) is 11.6 Å². The highest BCUT2D eigenvalue weighted by Gasteiger charge is 2.29. The number of hydrogen-bond acceptors (Lipinski definition) is 8. The topological polar surface area (TPSA) is 117 Å². The zero-order valence-electron chi connectivity index (χ0n) is 13.7. The minimum absolute atomic E-state index is 0.0117. The molecular formula is C15H16BrN3O6. The largest absolute Gasteiger partial charge is 0.481 e. The second-order valence-electron chi connectivity index (χ2n) is 4.91. The molecule has 0 fully saturated rings. The van der Waals surface area contributed by atoms with Gasteiger partial charge in [-0.25, -0.2) is 0 Å². The minimum atomic E-state index is -1.46. The molecule has 0 saturated heterocycles. The van der Waals surface area contributed by atoms with Gasteiger partial charge in [0.05, 0.1) is 42.9 Å². The van der Waals surface area contributed by atoms with Crippen LogP contribution in [0, 0.1) is 10.1 Å². The van der Waals surface area contributed by atoms with E-state index in [4.69, 9.17) is 14.2 Å². The summed E-state index contributed by atoms with van der Waals surface area (Å²) in [6.45, 7) is 0.0117. The van der Waals surface area contributed by atoms with Crippen molar-refractivity contribution in [1.29, 1.82) is 0 Å². The first-order valence-electron chi connectivity index (χ1n) is 7.01. The van der Waals surface area contributed by atoms with Crippen LogP contribution in [-0.4, -0.2) is 41.3 Å². The summed E-state index contributed by atoms with van der Waals surface area (Å²) in [5.41, 5.74) is 0.0791. The lowest BCUT2D eigenvalue weighted by molar-refractivity contribution is -0.387. The van der Waals surface area contributed by atoms with Gasteiger partial charge in [-0.1, -0.05) is 15.9 Å². The average Bonchev–Trinajstić information content (AvgIpc) is 2.59. The summed E-state index contributed by atoms with van der Waals surface area (Å²) < 4.78 is 15.6. The number of nitrogens with zero attached hydrogens (tertiary/aromatic N) is 3. The molecule has 1 N–H and O–H groups in total. The van der Waals surface area contributed by atoms with Gasteiger partial charge < -0.3 is 19.3 Å². The quantitative estimate of drug-likeness (QED) is 0.542. The molecule has 25 heavy (non-hydrogen) atoms. The molecule has 10 heteroatoms. The lowest BCUT2D eigenvalue weighted by Crippen LogP contribution is -2.11. The highest BCUT2D eigenvalue weighted by Crippen LogP contribution is 2.35. The van der Waals surface area contributed by atoms with Gasteiger partial charge in [-0.15, -0.1) is 0 Å². The number of halogens is 1. The highest BCUT2D eigenvalue weighted by molar-refractivity contribution is 9.10. The van der Waals surface area contributed by atoms with Crippen molar-refractivity contribution in [2.24, 2.45) is 0 Å². The third-order valence-electron chi connectivity index (χ3n) is 3.32. The predicted molar refractivity (Wildman–Crippen MR) is 90.7 cm³/mol. The molecule has 1 aromatic carbocycles. The number of rotatable bonds is 7. The number of ether oxygens (including phenoxy) is 3. The van der Waals surface area contributed by atoms with Crippen molar-refractivity contribution in [3.63, 3.8) is 0 Å². The summed E-state index contributed by atoms with van der Waals surface area (Å²) in [5, 5.41) is 22.2. The van der Waals surface area contributed by atoms with Crippen molar-refractivity contribution in [1.82, 2.24) is 9.97 Å². The van der Waals surface area contributed by atoms with Gasteiger partial charge in [0.1, 0.15) is 6.10 Å². The predicted octanol–water partition coefficient (Wildman–Crippen LogP) is 2.39. The van der Waals surface area contributed by atoms with E-state index in [2.05, 4.69) is 25.9 Å². The van der Waals surface area contributed by atoms with Crippen LogP contribution in [0.4, 0.5) is 5.69 Å². The fourth-order valence-electron chi connectivity index (χ4n) is 2.27. The first-order valence-corrected chi connectivity index (χ1v) is 7.81. The fraction of sp³-hybridized carbons (Fsp3) is 0.333. The minimum Gasteiger partial charge on any atom is -0.481 e.